The SMILES string of the molecule is Cc1cc(C(C)(c2ccc(OCC3(C)COC3)c(I)c2)c2ccc(OCC3(C)COC3)c(I)c2)ccc1OCC1(C)COC1. The van der Waals surface area contributed by atoms with Crippen molar-refractivity contribution in [3.05, 3.63) is 84.0 Å². The molecule has 0 aromatic heterocycles. The van der Waals surface area contributed by atoms with Crippen LogP contribution < -0.4 is 14.2 Å². The highest BCUT2D eigenvalue weighted by Crippen LogP contribution is 2.44. The molecule has 3 heterocycles. The van der Waals surface area contributed by atoms with E-state index < -0.39 is 5.41 Å². The van der Waals surface area contributed by atoms with E-state index in [0.717, 1.165) is 69.6 Å². The lowest BCUT2D eigenvalue weighted by Gasteiger charge is -2.38. The van der Waals surface area contributed by atoms with Gasteiger partial charge in [-0.15, -0.1) is 0 Å². The average molecular weight is 825 g/mol. The molecule has 0 N–H and O–H groups in total. The van der Waals surface area contributed by atoms with Crippen LogP contribution in [0.3, 0.4) is 0 Å². The largest absolute Gasteiger partial charge is 0.493 e. The highest BCUT2D eigenvalue weighted by atomic mass is 127. The third-order valence-corrected chi connectivity index (χ3v) is 10.9. The first-order valence-electron chi connectivity index (χ1n) is 15.2. The lowest BCUT2D eigenvalue weighted by Crippen LogP contribution is -2.44. The lowest BCUT2D eigenvalue weighted by atomic mass is 9.71. The first-order valence-corrected chi connectivity index (χ1v) is 17.4. The van der Waals surface area contributed by atoms with Crippen molar-refractivity contribution in [1.82, 2.24) is 0 Å². The first kappa shape index (κ1) is 32.3. The number of hydrogen-bond acceptors (Lipinski definition) is 6. The highest BCUT2D eigenvalue weighted by Gasteiger charge is 2.37. The summed E-state index contributed by atoms with van der Waals surface area (Å²) in [5.41, 5.74) is 4.55. The van der Waals surface area contributed by atoms with E-state index in [4.69, 9.17) is 28.4 Å². The van der Waals surface area contributed by atoms with Crippen LogP contribution in [0.25, 0.3) is 0 Å². The second kappa shape index (κ2) is 12.5. The molecular weight excluding hydrogens is 782 g/mol. The summed E-state index contributed by atoms with van der Waals surface area (Å²) in [4.78, 5) is 0. The summed E-state index contributed by atoms with van der Waals surface area (Å²) < 4.78 is 37.3. The molecule has 0 atom stereocenters. The fraction of sp³-hybridized carbons (Fsp3) is 0.500. The van der Waals surface area contributed by atoms with Gasteiger partial charge in [-0.05, 0) is 112 Å². The second-order valence-corrected chi connectivity index (χ2v) is 16.5. The van der Waals surface area contributed by atoms with Gasteiger partial charge in [0.05, 0.1) is 66.6 Å². The van der Waals surface area contributed by atoms with Crippen LogP contribution in [0.1, 0.15) is 49.9 Å². The van der Waals surface area contributed by atoms with Crippen molar-refractivity contribution in [1.29, 1.82) is 0 Å². The first-order chi connectivity index (χ1) is 20.9. The van der Waals surface area contributed by atoms with Gasteiger partial charge in [-0.3, -0.25) is 0 Å². The van der Waals surface area contributed by atoms with Gasteiger partial charge < -0.3 is 28.4 Å². The Bertz CT molecular complexity index is 1330. The number of halogens is 2. The van der Waals surface area contributed by atoms with Crippen LogP contribution in [0.5, 0.6) is 17.2 Å². The zero-order valence-corrected chi connectivity index (χ0v) is 30.6. The standard InChI is InChI=1S/C36H42I2O6/c1-24-12-25(6-9-30(24)42-21-33(2)15-39-16-33)36(5,26-7-10-31(28(37)13-26)43-22-34(3)17-40-18-34)27-8-11-32(29(38)14-27)44-23-35(4)19-41-20-35/h6-14H,15-23H2,1-5H3. The summed E-state index contributed by atoms with van der Waals surface area (Å²) in [5.74, 6) is 2.73. The average Bonchev–Trinajstić information content (AvgIpc) is 2.95. The number of benzene rings is 3. The van der Waals surface area contributed by atoms with Crippen molar-refractivity contribution < 1.29 is 28.4 Å². The molecule has 0 saturated carbocycles. The zero-order chi connectivity index (χ0) is 31.2. The topological polar surface area (TPSA) is 55.4 Å². The predicted octanol–water partition coefficient (Wildman–Crippen LogP) is 7.80. The molecule has 0 aliphatic carbocycles. The van der Waals surface area contributed by atoms with Gasteiger partial charge in [-0.1, -0.05) is 45.0 Å². The normalized spacial score (nSPS) is 19.7. The maximum absolute atomic E-state index is 6.30. The van der Waals surface area contributed by atoms with Crippen LogP contribution >= 0.6 is 45.2 Å². The van der Waals surface area contributed by atoms with Crippen LogP contribution in [0.4, 0.5) is 0 Å². The van der Waals surface area contributed by atoms with Crippen LogP contribution in [0.2, 0.25) is 0 Å². The van der Waals surface area contributed by atoms with Crippen molar-refractivity contribution in [2.24, 2.45) is 16.2 Å². The lowest BCUT2D eigenvalue weighted by molar-refractivity contribution is -0.120. The van der Waals surface area contributed by atoms with Gasteiger partial charge in [0, 0.05) is 21.7 Å². The van der Waals surface area contributed by atoms with Gasteiger partial charge in [0.25, 0.3) is 0 Å². The molecule has 0 unspecified atom stereocenters. The van der Waals surface area contributed by atoms with Gasteiger partial charge in [-0.2, -0.15) is 0 Å². The van der Waals surface area contributed by atoms with Gasteiger partial charge in [0.1, 0.15) is 17.2 Å². The Morgan fingerprint density at radius 2 is 0.932 bits per heavy atom. The van der Waals surface area contributed by atoms with E-state index in [1.165, 1.54) is 16.7 Å². The van der Waals surface area contributed by atoms with Gasteiger partial charge >= 0.3 is 0 Å². The minimum absolute atomic E-state index is 0.0876. The van der Waals surface area contributed by atoms with Gasteiger partial charge in [0.15, 0.2) is 0 Å². The van der Waals surface area contributed by atoms with E-state index in [9.17, 15) is 0 Å². The Morgan fingerprint density at radius 1 is 0.591 bits per heavy atom. The van der Waals surface area contributed by atoms with Crippen molar-refractivity contribution in [2.75, 3.05) is 59.5 Å². The summed E-state index contributed by atoms with van der Waals surface area (Å²) in [6.07, 6.45) is 0. The molecule has 3 fully saturated rings. The van der Waals surface area contributed by atoms with E-state index in [-0.39, 0.29) is 16.2 Å². The van der Waals surface area contributed by atoms with Gasteiger partial charge in [0.2, 0.25) is 0 Å². The highest BCUT2D eigenvalue weighted by molar-refractivity contribution is 14.1. The number of rotatable bonds is 12. The molecule has 3 aliphatic heterocycles. The van der Waals surface area contributed by atoms with E-state index in [1.54, 1.807) is 0 Å². The fourth-order valence-electron chi connectivity index (χ4n) is 5.84. The molecule has 8 heteroatoms. The third kappa shape index (κ3) is 6.61. The van der Waals surface area contributed by atoms with Gasteiger partial charge in [-0.25, -0.2) is 0 Å². The summed E-state index contributed by atoms with van der Waals surface area (Å²) in [5, 5.41) is 0. The number of aryl methyl sites for hydroxylation is 1. The molecule has 236 valence electrons. The Kier molecular flexibility index (Phi) is 9.22. The van der Waals surface area contributed by atoms with Crippen LogP contribution in [-0.2, 0) is 19.6 Å². The molecule has 0 amide bonds. The molecule has 0 radical (unpaired) electrons. The Hall–Kier alpha value is -1.60. The molecule has 6 rings (SSSR count). The molecule has 44 heavy (non-hydrogen) atoms. The smallest absolute Gasteiger partial charge is 0.132 e. The molecule has 0 spiro atoms. The van der Waals surface area contributed by atoms with E-state index in [0.29, 0.717) is 19.8 Å². The van der Waals surface area contributed by atoms with Crippen molar-refractivity contribution in [3.8, 4) is 17.2 Å². The molecule has 6 nitrogen and oxygen atoms in total. The minimum atomic E-state index is -0.435. The van der Waals surface area contributed by atoms with Crippen LogP contribution in [-0.4, -0.2) is 59.5 Å². The second-order valence-electron chi connectivity index (χ2n) is 14.2. The summed E-state index contributed by atoms with van der Waals surface area (Å²) in [7, 11) is 0. The van der Waals surface area contributed by atoms with Crippen molar-refractivity contribution in [3.63, 3.8) is 0 Å². The van der Waals surface area contributed by atoms with E-state index in [1.807, 2.05) is 0 Å². The summed E-state index contributed by atoms with van der Waals surface area (Å²) in [6.45, 7) is 17.5. The predicted molar refractivity (Wildman–Crippen MR) is 188 cm³/mol. The number of hydrogen-bond donors (Lipinski definition) is 0. The monoisotopic (exact) mass is 824 g/mol. The molecule has 3 saturated heterocycles. The quantitative estimate of drug-likeness (QED) is 0.137. The summed E-state index contributed by atoms with van der Waals surface area (Å²) >= 11 is 4.81. The van der Waals surface area contributed by atoms with Crippen molar-refractivity contribution >= 4 is 45.2 Å². The maximum atomic E-state index is 6.30. The number of ether oxygens (including phenoxy) is 6. The molecular formula is C36H42I2O6. The Labute approximate surface area is 288 Å². The van der Waals surface area contributed by atoms with Crippen LogP contribution in [0, 0.1) is 30.3 Å². The third-order valence-electron chi connectivity index (χ3n) is 9.20. The zero-order valence-electron chi connectivity index (χ0n) is 26.3. The van der Waals surface area contributed by atoms with E-state index >= 15 is 0 Å². The Balaban J connectivity index is 1.32. The van der Waals surface area contributed by atoms with Crippen molar-refractivity contribution in [2.45, 2.75) is 40.0 Å². The maximum Gasteiger partial charge on any atom is 0.132 e. The fourth-order valence-corrected chi connectivity index (χ4v) is 7.18. The molecule has 3 aromatic carbocycles. The molecule has 3 aliphatic rings. The minimum Gasteiger partial charge on any atom is -0.493 e. The van der Waals surface area contributed by atoms with E-state index in [2.05, 4.69) is 134 Å². The van der Waals surface area contributed by atoms with Crippen LogP contribution in [0.15, 0.2) is 54.6 Å². The Morgan fingerprint density at radius 3 is 1.25 bits per heavy atom. The molecule has 3 aromatic rings. The molecule has 0 bridgehead atoms. The summed E-state index contributed by atoms with van der Waals surface area (Å²) in [6, 6.07) is 19.8.